The van der Waals surface area contributed by atoms with Gasteiger partial charge >= 0.3 is 18.1 Å². The third-order valence-corrected chi connectivity index (χ3v) is 4.11. The molecule has 1 amide bonds. The fraction of sp³-hybridized carbons (Fsp3) is 0.462. The Bertz CT molecular complexity index is 649. The van der Waals surface area contributed by atoms with E-state index in [1.165, 1.54) is 11.3 Å². The number of likely N-dealkylation sites (tertiary alicyclic amines) is 1. The third kappa shape index (κ3) is 5.67. The first kappa shape index (κ1) is 20.8. The summed E-state index contributed by atoms with van der Waals surface area (Å²) in [5.74, 6) is -4.36. The van der Waals surface area contributed by atoms with E-state index >= 15 is 0 Å². The molecule has 1 saturated heterocycles. The van der Waals surface area contributed by atoms with Crippen molar-refractivity contribution in [2.75, 3.05) is 6.54 Å². The van der Waals surface area contributed by atoms with Crippen LogP contribution in [0.5, 0.6) is 0 Å². The number of nitrogens with two attached hydrogens (primary N) is 1. The molecule has 1 aliphatic rings. The van der Waals surface area contributed by atoms with Gasteiger partial charge in [0.2, 0.25) is 0 Å². The quantitative estimate of drug-likeness (QED) is 0.677. The van der Waals surface area contributed by atoms with Crippen molar-refractivity contribution in [3.05, 3.63) is 21.9 Å². The summed E-state index contributed by atoms with van der Waals surface area (Å²) in [7, 11) is 0. The van der Waals surface area contributed by atoms with Crippen LogP contribution >= 0.6 is 11.3 Å². The normalized spacial score (nSPS) is 20.0. The van der Waals surface area contributed by atoms with Crippen LogP contribution in [0.25, 0.3) is 0 Å². The molecule has 0 aromatic carbocycles. The Morgan fingerprint density at radius 3 is 2.28 bits per heavy atom. The van der Waals surface area contributed by atoms with E-state index in [2.05, 4.69) is 0 Å². The summed E-state index contributed by atoms with van der Waals surface area (Å²) in [5.41, 5.74) is 6.25. The number of hydrogen-bond donors (Lipinski definition) is 3. The summed E-state index contributed by atoms with van der Waals surface area (Å²) in [6.45, 7) is 0.156. The maximum atomic E-state index is 13.3. The Hall–Kier alpha value is -2.21. The fourth-order valence-corrected chi connectivity index (χ4v) is 2.86. The Labute approximate surface area is 142 Å². The van der Waals surface area contributed by atoms with Gasteiger partial charge in [0, 0.05) is 13.0 Å². The second kappa shape index (κ2) is 8.25. The van der Waals surface area contributed by atoms with Gasteiger partial charge in [-0.05, 0) is 17.0 Å². The minimum Gasteiger partial charge on any atom is -0.480 e. The van der Waals surface area contributed by atoms with Crippen molar-refractivity contribution >= 4 is 29.2 Å². The molecule has 0 spiro atoms. The molecular formula is C13H14F4N2O5S. The van der Waals surface area contributed by atoms with Crippen molar-refractivity contribution in [2.24, 2.45) is 5.73 Å². The predicted molar refractivity (Wildman–Crippen MR) is 77.9 cm³/mol. The van der Waals surface area contributed by atoms with Gasteiger partial charge in [-0.15, -0.1) is 11.3 Å². The minimum absolute atomic E-state index is 0.143. The largest absolute Gasteiger partial charge is 0.490 e. The van der Waals surface area contributed by atoms with Crippen molar-refractivity contribution in [3.8, 4) is 0 Å². The molecule has 4 N–H and O–H groups in total. The number of hydrogen-bond acceptors (Lipinski definition) is 5. The molecule has 1 aromatic heterocycles. The van der Waals surface area contributed by atoms with E-state index in [0.29, 0.717) is 11.4 Å². The maximum Gasteiger partial charge on any atom is 0.490 e. The third-order valence-electron chi connectivity index (χ3n) is 3.14. The topological polar surface area (TPSA) is 121 Å². The van der Waals surface area contributed by atoms with E-state index < -0.39 is 36.2 Å². The van der Waals surface area contributed by atoms with Gasteiger partial charge in [-0.25, -0.2) is 14.0 Å². The maximum absolute atomic E-state index is 13.3. The number of carboxylic acid groups (broad SMARTS) is 2. The molecule has 140 valence electrons. The standard InChI is InChI=1S/C11H13FN2O3S.C2HF3O2/c12-7-2-8(11(16)17)14(4-7)10(15)9-1-6(3-13)5-18-9;3-2(4,5)1(6)7/h1,5,7-8H,2-4,13H2,(H,16,17);(H,6,7)/t7-,8-;/m0./s1. The van der Waals surface area contributed by atoms with E-state index in [-0.39, 0.29) is 13.0 Å². The van der Waals surface area contributed by atoms with Crippen molar-refractivity contribution in [1.82, 2.24) is 4.90 Å². The molecule has 1 aliphatic heterocycles. The van der Waals surface area contributed by atoms with Crippen LogP contribution in [0.2, 0.25) is 0 Å². The summed E-state index contributed by atoms with van der Waals surface area (Å²) in [5, 5.41) is 17.8. The Balaban J connectivity index is 0.000000381. The molecule has 2 heterocycles. The predicted octanol–water partition coefficient (Wildman–Crippen LogP) is 1.48. The number of alkyl halides is 4. The zero-order chi connectivity index (χ0) is 19.4. The van der Waals surface area contributed by atoms with Gasteiger partial charge in [0.25, 0.3) is 5.91 Å². The second-order valence-corrected chi connectivity index (χ2v) is 5.88. The first-order valence-electron chi connectivity index (χ1n) is 6.72. The highest BCUT2D eigenvalue weighted by molar-refractivity contribution is 7.12. The first-order valence-corrected chi connectivity index (χ1v) is 7.60. The highest BCUT2D eigenvalue weighted by atomic mass is 32.1. The summed E-state index contributed by atoms with van der Waals surface area (Å²) >= 11 is 1.20. The number of carbonyl (C=O) groups excluding carboxylic acids is 1. The number of thiophene rings is 1. The number of nitrogens with zero attached hydrogens (tertiary/aromatic N) is 1. The Kier molecular flexibility index (Phi) is 6.87. The van der Waals surface area contributed by atoms with E-state index in [0.717, 1.165) is 10.5 Å². The van der Waals surface area contributed by atoms with Crippen LogP contribution in [0.1, 0.15) is 21.7 Å². The van der Waals surface area contributed by atoms with Crippen molar-refractivity contribution in [3.63, 3.8) is 0 Å². The fourth-order valence-electron chi connectivity index (χ4n) is 1.98. The van der Waals surface area contributed by atoms with E-state index in [4.69, 9.17) is 20.7 Å². The van der Waals surface area contributed by atoms with Gasteiger partial charge in [-0.3, -0.25) is 4.79 Å². The lowest BCUT2D eigenvalue weighted by molar-refractivity contribution is -0.192. The highest BCUT2D eigenvalue weighted by Gasteiger charge is 2.40. The summed E-state index contributed by atoms with van der Waals surface area (Å²) in [4.78, 5) is 33.5. The summed E-state index contributed by atoms with van der Waals surface area (Å²) in [6, 6.07) is 0.549. The van der Waals surface area contributed by atoms with E-state index in [1.807, 2.05) is 0 Å². The highest BCUT2D eigenvalue weighted by Crippen LogP contribution is 2.25. The number of halogens is 4. The molecular weight excluding hydrogens is 372 g/mol. The van der Waals surface area contributed by atoms with E-state index in [1.54, 1.807) is 11.4 Å². The molecule has 1 aromatic rings. The number of carboxylic acids is 2. The van der Waals surface area contributed by atoms with Gasteiger partial charge < -0.3 is 20.8 Å². The van der Waals surface area contributed by atoms with Gasteiger partial charge in [-0.1, -0.05) is 0 Å². The molecule has 0 unspecified atom stereocenters. The zero-order valence-electron chi connectivity index (χ0n) is 12.5. The molecule has 0 radical (unpaired) electrons. The number of rotatable bonds is 3. The summed E-state index contributed by atoms with van der Waals surface area (Å²) < 4.78 is 45.0. The van der Waals surface area contributed by atoms with Crippen LogP contribution in [-0.2, 0) is 16.1 Å². The van der Waals surface area contributed by atoms with E-state index in [9.17, 15) is 27.2 Å². The average molecular weight is 386 g/mol. The van der Waals surface area contributed by atoms with Crippen molar-refractivity contribution < 1.29 is 42.2 Å². The lowest BCUT2D eigenvalue weighted by Crippen LogP contribution is -2.40. The monoisotopic (exact) mass is 386 g/mol. The minimum atomic E-state index is -5.08. The SMILES string of the molecule is NCc1csc(C(=O)N2C[C@@H](F)C[C@H]2C(=O)O)c1.O=C(O)C(F)(F)F. The summed E-state index contributed by atoms with van der Waals surface area (Å²) in [6.07, 6.45) is -6.50. The molecule has 2 atom stereocenters. The van der Waals surface area contributed by atoms with Crippen LogP contribution in [-0.4, -0.2) is 57.9 Å². The van der Waals surface area contributed by atoms with Crippen LogP contribution < -0.4 is 5.73 Å². The molecule has 0 saturated carbocycles. The average Bonchev–Trinajstić information content (AvgIpc) is 3.12. The van der Waals surface area contributed by atoms with Gasteiger partial charge in [0.15, 0.2) is 0 Å². The second-order valence-electron chi connectivity index (χ2n) is 4.97. The molecule has 25 heavy (non-hydrogen) atoms. The first-order chi connectivity index (χ1) is 11.5. The van der Waals surface area contributed by atoms with Gasteiger partial charge in [-0.2, -0.15) is 13.2 Å². The Morgan fingerprint density at radius 1 is 1.32 bits per heavy atom. The van der Waals surface area contributed by atoms with Gasteiger partial charge in [0.1, 0.15) is 12.2 Å². The molecule has 0 bridgehead atoms. The lowest BCUT2D eigenvalue weighted by Gasteiger charge is -2.20. The lowest BCUT2D eigenvalue weighted by atomic mass is 10.2. The van der Waals surface area contributed by atoms with Crippen LogP contribution in [0, 0.1) is 0 Å². The molecule has 7 nitrogen and oxygen atoms in total. The van der Waals surface area contributed by atoms with Crippen molar-refractivity contribution in [1.29, 1.82) is 0 Å². The number of amides is 1. The number of aliphatic carboxylic acids is 2. The van der Waals surface area contributed by atoms with Crippen LogP contribution in [0.4, 0.5) is 17.6 Å². The molecule has 0 aliphatic carbocycles. The Morgan fingerprint density at radius 2 is 1.88 bits per heavy atom. The molecule has 1 fully saturated rings. The van der Waals surface area contributed by atoms with Crippen LogP contribution in [0.3, 0.4) is 0 Å². The smallest absolute Gasteiger partial charge is 0.480 e. The van der Waals surface area contributed by atoms with Crippen molar-refractivity contribution in [2.45, 2.75) is 31.4 Å². The molecule has 2 rings (SSSR count). The molecule has 12 heteroatoms. The van der Waals surface area contributed by atoms with Gasteiger partial charge in [0.05, 0.1) is 11.4 Å². The zero-order valence-corrected chi connectivity index (χ0v) is 13.3. The number of carbonyl (C=O) groups is 3. The van der Waals surface area contributed by atoms with Crippen LogP contribution in [0.15, 0.2) is 11.4 Å².